The van der Waals surface area contributed by atoms with Crippen LogP contribution in [-0.2, 0) is 4.74 Å². The van der Waals surface area contributed by atoms with Crippen LogP contribution in [0.2, 0.25) is 0 Å². The Balaban J connectivity index is 3.07. The lowest BCUT2D eigenvalue weighted by atomic mass is 10.2. The van der Waals surface area contributed by atoms with Crippen molar-refractivity contribution in [2.24, 2.45) is 5.73 Å². The van der Waals surface area contributed by atoms with E-state index in [1.54, 1.807) is 7.11 Å². The van der Waals surface area contributed by atoms with E-state index in [0.717, 1.165) is 11.3 Å². The van der Waals surface area contributed by atoms with Gasteiger partial charge in [0, 0.05) is 25.9 Å². The maximum absolute atomic E-state index is 9.12. The number of aryl methyl sites for hydroxylation is 1. The number of hydrogen-bond acceptors (Lipinski definition) is 5. The highest BCUT2D eigenvalue weighted by Gasteiger charge is 2.14. The van der Waals surface area contributed by atoms with Gasteiger partial charge in [0.2, 0.25) is 0 Å². The third-order valence-electron chi connectivity index (χ3n) is 2.51. The van der Waals surface area contributed by atoms with Crippen molar-refractivity contribution < 1.29 is 9.84 Å². The standard InChI is InChI=1S/C12H19N3O2S/c1-9-3-4-10(11(13)18)12(14-9)15(5-7-16)6-8-17-2/h3-4,16H,5-8H2,1-2H3,(H2,13,18). The van der Waals surface area contributed by atoms with Gasteiger partial charge in [-0.2, -0.15) is 0 Å². The second-order valence-corrected chi connectivity index (χ2v) is 4.33. The lowest BCUT2D eigenvalue weighted by Crippen LogP contribution is -2.33. The normalized spacial score (nSPS) is 10.4. The molecule has 0 radical (unpaired) electrons. The van der Waals surface area contributed by atoms with Crippen LogP contribution in [0.15, 0.2) is 12.1 Å². The molecule has 0 atom stereocenters. The Labute approximate surface area is 113 Å². The zero-order chi connectivity index (χ0) is 13.5. The Morgan fingerprint density at radius 1 is 1.50 bits per heavy atom. The van der Waals surface area contributed by atoms with Crippen LogP contribution in [0.3, 0.4) is 0 Å². The number of aliphatic hydroxyl groups is 1. The van der Waals surface area contributed by atoms with Crippen LogP contribution in [0.5, 0.6) is 0 Å². The second-order valence-electron chi connectivity index (χ2n) is 3.89. The molecule has 0 aliphatic heterocycles. The van der Waals surface area contributed by atoms with Crippen LogP contribution in [0.4, 0.5) is 5.82 Å². The maximum Gasteiger partial charge on any atom is 0.139 e. The van der Waals surface area contributed by atoms with E-state index < -0.39 is 0 Å². The first-order chi connectivity index (χ1) is 8.60. The predicted molar refractivity (Wildman–Crippen MR) is 76.0 cm³/mol. The van der Waals surface area contributed by atoms with Crippen LogP contribution in [-0.4, -0.2) is 48.5 Å². The van der Waals surface area contributed by atoms with E-state index in [1.807, 2.05) is 24.0 Å². The summed E-state index contributed by atoms with van der Waals surface area (Å²) in [6.07, 6.45) is 0. The van der Waals surface area contributed by atoms with Crippen molar-refractivity contribution in [1.29, 1.82) is 0 Å². The number of methoxy groups -OCH3 is 1. The summed E-state index contributed by atoms with van der Waals surface area (Å²) < 4.78 is 5.06. The summed E-state index contributed by atoms with van der Waals surface area (Å²) in [7, 11) is 1.63. The fourth-order valence-corrected chi connectivity index (χ4v) is 1.78. The van der Waals surface area contributed by atoms with E-state index in [1.165, 1.54) is 0 Å². The van der Waals surface area contributed by atoms with Crippen molar-refractivity contribution in [3.05, 3.63) is 23.4 Å². The molecule has 1 rings (SSSR count). The SMILES string of the molecule is COCCN(CCO)c1nc(C)ccc1C(N)=S. The highest BCUT2D eigenvalue weighted by atomic mass is 32.1. The van der Waals surface area contributed by atoms with Gasteiger partial charge in [0.25, 0.3) is 0 Å². The number of pyridine rings is 1. The minimum absolute atomic E-state index is 0.0378. The minimum atomic E-state index is 0.0378. The largest absolute Gasteiger partial charge is 0.395 e. The molecule has 0 saturated heterocycles. The molecule has 0 aromatic carbocycles. The summed E-state index contributed by atoms with van der Waals surface area (Å²) in [6.45, 7) is 3.58. The van der Waals surface area contributed by atoms with Gasteiger partial charge < -0.3 is 20.5 Å². The number of nitrogens with zero attached hydrogens (tertiary/aromatic N) is 2. The average Bonchev–Trinajstić information content (AvgIpc) is 2.34. The average molecular weight is 269 g/mol. The Morgan fingerprint density at radius 2 is 2.22 bits per heavy atom. The highest BCUT2D eigenvalue weighted by Crippen LogP contribution is 2.18. The van der Waals surface area contributed by atoms with Crippen molar-refractivity contribution in [1.82, 2.24) is 4.98 Å². The van der Waals surface area contributed by atoms with E-state index in [-0.39, 0.29) is 6.61 Å². The fourth-order valence-electron chi connectivity index (χ4n) is 1.62. The molecule has 100 valence electrons. The first-order valence-electron chi connectivity index (χ1n) is 5.72. The number of rotatable bonds is 7. The fraction of sp³-hybridized carbons (Fsp3) is 0.500. The van der Waals surface area contributed by atoms with Crippen LogP contribution >= 0.6 is 12.2 Å². The number of nitrogens with two attached hydrogens (primary N) is 1. The summed E-state index contributed by atoms with van der Waals surface area (Å²) in [5, 5.41) is 9.12. The second kappa shape index (κ2) is 7.25. The molecule has 0 amide bonds. The Hall–Kier alpha value is -1.24. The molecule has 1 aromatic rings. The molecule has 0 unspecified atom stereocenters. The molecule has 5 nitrogen and oxygen atoms in total. The minimum Gasteiger partial charge on any atom is -0.395 e. The lowest BCUT2D eigenvalue weighted by molar-refractivity contribution is 0.202. The van der Waals surface area contributed by atoms with E-state index in [2.05, 4.69) is 4.98 Å². The lowest BCUT2D eigenvalue weighted by Gasteiger charge is -2.25. The number of aliphatic hydroxyl groups excluding tert-OH is 1. The molecule has 0 fully saturated rings. The first-order valence-corrected chi connectivity index (χ1v) is 6.13. The van der Waals surface area contributed by atoms with Crippen molar-refractivity contribution in [2.75, 3.05) is 38.3 Å². The third kappa shape index (κ3) is 3.90. The topological polar surface area (TPSA) is 71.6 Å². The molecule has 1 aromatic heterocycles. The van der Waals surface area contributed by atoms with Crippen molar-refractivity contribution in [3.63, 3.8) is 0 Å². The van der Waals surface area contributed by atoms with Gasteiger partial charge in [-0.15, -0.1) is 0 Å². The van der Waals surface area contributed by atoms with E-state index in [9.17, 15) is 0 Å². The summed E-state index contributed by atoms with van der Waals surface area (Å²) >= 11 is 5.03. The zero-order valence-corrected chi connectivity index (χ0v) is 11.5. The van der Waals surface area contributed by atoms with Gasteiger partial charge >= 0.3 is 0 Å². The molecule has 3 N–H and O–H groups in total. The van der Waals surface area contributed by atoms with E-state index in [4.69, 9.17) is 27.8 Å². The van der Waals surface area contributed by atoms with Gasteiger partial charge in [0.05, 0.1) is 18.8 Å². The number of hydrogen-bond donors (Lipinski definition) is 2. The van der Waals surface area contributed by atoms with Gasteiger partial charge in [0.15, 0.2) is 0 Å². The summed E-state index contributed by atoms with van der Waals surface area (Å²) in [5.74, 6) is 0.702. The maximum atomic E-state index is 9.12. The molecule has 6 heteroatoms. The molecule has 1 heterocycles. The van der Waals surface area contributed by atoms with Crippen molar-refractivity contribution >= 4 is 23.0 Å². The van der Waals surface area contributed by atoms with Crippen LogP contribution < -0.4 is 10.6 Å². The molecule has 0 aliphatic carbocycles. The third-order valence-corrected chi connectivity index (χ3v) is 2.73. The van der Waals surface area contributed by atoms with Gasteiger partial charge in [-0.1, -0.05) is 12.2 Å². The Bertz CT molecular complexity index is 412. The quantitative estimate of drug-likeness (QED) is 0.701. The highest BCUT2D eigenvalue weighted by molar-refractivity contribution is 7.80. The predicted octanol–water partition coefficient (Wildman–Crippen LogP) is 0.469. The number of ether oxygens (including phenoxy) is 1. The van der Waals surface area contributed by atoms with Gasteiger partial charge in [0.1, 0.15) is 10.8 Å². The molecule has 0 aliphatic rings. The number of anilines is 1. The Kier molecular flexibility index (Phi) is 5.97. The van der Waals surface area contributed by atoms with Gasteiger partial charge in [-0.3, -0.25) is 0 Å². The number of thiocarbonyl (C=S) groups is 1. The molecule has 0 saturated carbocycles. The van der Waals surface area contributed by atoms with Crippen LogP contribution in [0.1, 0.15) is 11.3 Å². The zero-order valence-electron chi connectivity index (χ0n) is 10.7. The van der Waals surface area contributed by atoms with Crippen LogP contribution in [0.25, 0.3) is 0 Å². The monoisotopic (exact) mass is 269 g/mol. The molecule has 0 bridgehead atoms. The molecular weight excluding hydrogens is 250 g/mol. The van der Waals surface area contributed by atoms with Gasteiger partial charge in [-0.05, 0) is 19.1 Å². The summed E-state index contributed by atoms with van der Waals surface area (Å²) in [4.78, 5) is 6.68. The summed E-state index contributed by atoms with van der Waals surface area (Å²) in [5.41, 5.74) is 7.30. The van der Waals surface area contributed by atoms with E-state index >= 15 is 0 Å². The first kappa shape index (κ1) is 14.8. The van der Waals surface area contributed by atoms with Crippen molar-refractivity contribution in [2.45, 2.75) is 6.92 Å². The molecule has 18 heavy (non-hydrogen) atoms. The van der Waals surface area contributed by atoms with E-state index in [0.29, 0.717) is 30.5 Å². The molecular formula is C12H19N3O2S. The van der Waals surface area contributed by atoms with Gasteiger partial charge in [-0.25, -0.2) is 4.98 Å². The Morgan fingerprint density at radius 3 is 2.78 bits per heavy atom. The number of aromatic nitrogens is 1. The van der Waals surface area contributed by atoms with Crippen molar-refractivity contribution in [3.8, 4) is 0 Å². The summed E-state index contributed by atoms with van der Waals surface area (Å²) in [6, 6.07) is 3.72. The molecule has 0 spiro atoms. The smallest absolute Gasteiger partial charge is 0.139 e. The van der Waals surface area contributed by atoms with Crippen LogP contribution in [0, 0.1) is 6.92 Å².